The van der Waals surface area contributed by atoms with E-state index < -0.39 is 0 Å². The summed E-state index contributed by atoms with van der Waals surface area (Å²) in [6.07, 6.45) is 4.20. The van der Waals surface area contributed by atoms with Crippen LogP contribution in [0.25, 0.3) is 5.52 Å². The van der Waals surface area contributed by atoms with E-state index in [0.29, 0.717) is 5.56 Å². The third-order valence-electron chi connectivity index (χ3n) is 4.36. The summed E-state index contributed by atoms with van der Waals surface area (Å²) in [7, 11) is 1.38. The molecule has 0 bridgehead atoms. The normalized spacial score (nSPS) is 12.6. The molecule has 0 N–H and O–H groups in total. The second-order valence-corrected chi connectivity index (χ2v) is 5.57. The summed E-state index contributed by atoms with van der Waals surface area (Å²) in [4.78, 5) is 18.6. The lowest BCUT2D eigenvalue weighted by molar-refractivity contribution is 0.0600. The Morgan fingerprint density at radius 2 is 2.00 bits per heavy atom. The molecule has 25 heavy (non-hydrogen) atoms. The number of anilines is 2. The van der Waals surface area contributed by atoms with Gasteiger partial charge in [0.15, 0.2) is 5.82 Å². The molecule has 0 fully saturated rings. The molecular weight excluding hydrogens is 316 g/mol. The maximum atomic E-state index is 11.9. The number of para-hydroxylation sites is 1. The number of methoxy groups -OCH3 is 1. The highest BCUT2D eigenvalue weighted by molar-refractivity contribution is 5.96. The van der Waals surface area contributed by atoms with Gasteiger partial charge in [0.05, 0.1) is 12.7 Å². The first-order valence-electron chi connectivity index (χ1n) is 8.47. The number of carbonyl (C=O) groups excluding carboxylic acids is 1. The van der Waals surface area contributed by atoms with Crippen molar-refractivity contribution >= 4 is 23.0 Å². The van der Waals surface area contributed by atoms with Gasteiger partial charge in [-0.05, 0) is 30.5 Å². The standard InChI is InChI=1S/C17H16N4O2.C2H6/c1-11-13(17(22)23-2)9-21-15(11)16(18-10-19-21)20-8-7-12-5-3-4-6-14(12)20;1-2/h3-6,9-10H,7-8H2,1-2H3;1-2H3. The van der Waals surface area contributed by atoms with Crippen molar-refractivity contribution in [2.24, 2.45) is 0 Å². The van der Waals surface area contributed by atoms with Crippen LogP contribution in [-0.2, 0) is 11.2 Å². The van der Waals surface area contributed by atoms with Crippen LogP contribution in [0.3, 0.4) is 0 Å². The molecule has 6 nitrogen and oxygen atoms in total. The van der Waals surface area contributed by atoms with Crippen LogP contribution in [-0.4, -0.2) is 34.2 Å². The number of benzene rings is 1. The van der Waals surface area contributed by atoms with E-state index in [1.807, 2.05) is 26.8 Å². The lowest BCUT2D eigenvalue weighted by Gasteiger charge is -2.19. The zero-order chi connectivity index (χ0) is 18.0. The van der Waals surface area contributed by atoms with Crippen LogP contribution in [0, 0.1) is 6.92 Å². The largest absolute Gasteiger partial charge is 0.465 e. The van der Waals surface area contributed by atoms with Crippen LogP contribution in [0.1, 0.15) is 35.3 Å². The summed E-state index contributed by atoms with van der Waals surface area (Å²) >= 11 is 0. The Morgan fingerprint density at radius 1 is 1.24 bits per heavy atom. The van der Waals surface area contributed by atoms with E-state index in [9.17, 15) is 4.79 Å². The Morgan fingerprint density at radius 3 is 2.76 bits per heavy atom. The van der Waals surface area contributed by atoms with Crippen LogP contribution in [0.2, 0.25) is 0 Å². The second kappa shape index (κ2) is 6.93. The van der Waals surface area contributed by atoms with Gasteiger partial charge in [0.25, 0.3) is 0 Å². The molecule has 0 saturated carbocycles. The maximum absolute atomic E-state index is 11.9. The Labute approximate surface area is 147 Å². The number of aromatic nitrogens is 3. The van der Waals surface area contributed by atoms with Gasteiger partial charge in [-0.3, -0.25) is 0 Å². The van der Waals surface area contributed by atoms with Crippen molar-refractivity contribution in [3.05, 3.63) is 53.5 Å². The summed E-state index contributed by atoms with van der Waals surface area (Å²) < 4.78 is 6.55. The number of ether oxygens (including phenoxy) is 1. The van der Waals surface area contributed by atoms with Crippen LogP contribution >= 0.6 is 0 Å². The van der Waals surface area contributed by atoms with Crippen LogP contribution in [0.5, 0.6) is 0 Å². The highest BCUT2D eigenvalue weighted by Gasteiger charge is 2.25. The van der Waals surface area contributed by atoms with Gasteiger partial charge in [0.1, 0.15) is 11.8 Å². The molecule has 3 aromatic rings. The minimum Gasteiger partial charge on any atom is -0.465 e. The van der Waals surface area contributed by atoms with Gasteiger partial charge in [0, 0.05) is 18.4 Å². The zero-order valence-electron chi connectivity index (χ0n) is 15.0. The lowest BCUT2D eigenvalue weighted by Crippen LogP contribution is -2.16. The lowest BCUT2D eigenvalue weighted by atomic mass is 10.1. The minimum absolute atomic E-state index is 0.360. The van der Waals surface area contributed by atoms with E-state index in [1.165, 1.54) is 19.0 Å². The van der Waals surface area contributed by atoms with Crippen molar-refractivity contribution < 1.29 is 9.53 Å². The van der Waals surface area contributed by atoms with Gasteiger partial charge < -0.3 is 9.64 Å². The summed E-state index contributed by atoms with van der Waals surface area (Å²) in [5, 5.41) is 4.24. The van der Waals surface area contributed by atoms with E-state index in [-0.39, 0.29) is 5.97 Å². The summed E-state index contributed by atoms with van der Waals surface area (Å²) in [6.45, 7) is 6.76. The first-order chi connectivity index (χ1) is 12.2. The molecule has 0 spiro atoms. The predicted octanol–water partition coefficient (Wildman–Crippen LogP) is 3.54. The topological polar surface area (TPSA) is 59.7 Å². The number of hydrogen-bond donors (Lipinski definition) is 0. The fraction of sp³-hybridized carbons (Fsp3) is 0.316. The molecule has 0 saturated heterocycles. The molecule has 4 rings (SSSR count). The average molecular weight is 338 g/mol. The maximum Gasteiger partial charge on any atom is 0.339 e. The number of fused-ring (bicyclic) bond motifs is 2. The van der Waals surface area contributed by atoms with Crippen LogP contribution < -0.4 is 4.90 Å². The minimum atomic E-state index is -0.360. The number of carbonyl (C=O) groups is 1. The number of nitrogens with zero attached hydrogens (tertiary/aromatic N) is 4. The van der Waals surface area contributed by atoms with Crippen LogP contribution in [0.15, 0.2) is 36.8 Å². The molecular formula is C19H22N4O2. The van der Waals surface area contributed by atoms with E-state index >= 15 is 0 Å². The van der Waals surface area contributed by atoms with Crippen LogP contribution in [0.4, 0.5) is 11.5 Å². The third-order valence-corrected chi connectivity index (χ3v) is 4.36. The Balaban J connectivity index is 0.000000880. The molecule has 0 radical (unpaired) electrons. The number of rotatable bonds is 2. The average Bonchev–Trinajstić information content (AvgIpc) is 3.24. The zero-order valence-corrected chi connectivity index (χ0v) is 15.0. The highest BCUT2D eigenvalue weighted by Crippen LogP contribution is 2.36. The van der Waals surface area contributed by atoms with E-state index in [0.717, 1.165) is 35.6 Å². The van der Waals surface area contributed by atoms with E-state index in [4.69, 9.17) is 4.74 Å². The second-order valence-electron chi connectivity index (χ2n) is 5.57. The SMILES string of the molecule is CC.COC(=O)c1cn2ncnc(N3CCc4ccccc43)c2c1C. The quantitative estimate of drug-likeness (QED) is 0.669. The molecule has 0 amide bonds. The fourth-order valence-corrected chi connectivity index (χ4v) is 3.21. The molecule has 3 heterocycles. The molecule has 0 unspecified atom stereocenters. The van der Waals surface area contributed by atoms with Gasteiger partial charge in [-0.1, -0.05) is 32.0 Å². The van der Waals surface area contributed by atoms with Gasteiger partial charge in [0.2, 0.25) is 0 Å². The first kappa shape index (κ1) is 17.0. The van der Waals surface area contributed by atoms with Crippen molar-refractivity contribution in [2.75, 3.05) is 18.6 Å². The molecule has 0 aliphatic carbocycles. The van der Waals surface area contributed by atoms with Gasteiger partial charge in [-0.15, -0.1) is 0 Å². The number of aryl methyl sites for hydroxylation is 1. The molecule has 130 valence electrons. The van der Waals surface area contributed by atoms with Crippen molar-refractivity contribution in [2.45, 2.75) is 27.2 Å². The molecule has 6 heteroatoms. The Kier molecular flexibility index (Phi) is 4.70. The number of hydrogen-bond acceptors (Lipinski definition) is 5. The summed E-state index contributed by atoms with van der Waals surface area (Å²) in [5.41, 5.74) is 4.65. The smallest absolute Gasteiger partial charge is 0.339 e. The van der Waals surface area contributed by atoms with Crippen molar-refractivity contribution in [3.8, 4) is 0 Å². The van der Waals surface area contributed by atoms with E-state index in [1.54, 1.807) is 10.7 Å². The van der Waals surface area contributed by atoms with Crippen molar-refractivity contribution in [1.29, 1.82) is 0 Å². The van der Waals surface area contributed by atoms with Crippen molar-refractivity contribution in [3.63, 3.8) is 0 Å². The molecule has 1 aliphatic rings. The van der Waals surface area contributed by atoms with Crippen molar-refractivity contribution in [1.82, 2.24) is 14.6 Å². The third kappa shape index (κ3) is 2.73. The fourth-order valence-electron chi connectivity index (χ4n) is 3.21. The van der Waals surface area contributed by atoms with Gasteiger partial charge in [-0.25, -0.2) is 14.3 Å². The predicted molar refractivity (Wildman–Crippen MR) is 97.6 cm³/mol. The summed E-state index contributed by atoms with van der Waals surface area (Å²) in [6, 6.07) is 8.31. The molecule has 0 atom stereocenters. The highest BCUT2D eigenvalue weighted by atomic mass is 16.5. The summed E-state index contributed by atoms with van der Waals surface area (Å²) in [5.74, 6) is 0.457. The molecule has 2 aromatic heterocycles. The Hall–Kier alpha value is -2.89. The first-order valence-corrected chi connectivity index (χ1v) is 8.47. The van der Waals surface area contributed by atoms with E-state index in [2.05, 4.69) is 33.2 Å². The molecule has 1 aromatic carbocycles. The number of esters is 1. The molecule has 1 aliphatic heterocycles. The monoisotopic (exact) mass is 338 g/mol. The Bertz CT molecular complexity index is 917. The van der Waals surface area contributed by atoms with Gasteiger partial charge in [-0.2, -0.15) is 5.10 Å². The van der Waals surface area contributed by atoms with Gasteiger partial charge >= 0.3 is 5.97 Å².